The van der Waals surface area contributed by atoms with Crippen molar-refractivity contribution in [3.05, 3.63) is 59.3 Å². The van der Waals surface area contributed by atoms with E-state index in [0.717, 1.165) is 31.2 Å². The number of hydrogen-bond donors (Lipinski definition) is 2. The first-order chi connectivity index (χ1) is 15.9. The lowest BCUT2D eigenvalue weighted by molar-refractivity contribution is 0.0713. The van der Waals surface area contributed by atoms with E-state index in [2.05, 4.69) is 34.8 Å². The van der Waals surface area contributed by atoms with Gasteiger partial charge in [0.25, 0.3) is 5.91 Å². The van der Waals surface area contributed by atoms with Gasteiger partial charge >= 0.3 is 0 Å². The Morgan fingerprint density at radius 3 is 2.52 bits per heavy atom. The predicted molar refractivity (Wildman–Crippen MR) is 127 cm³/mol. The Hall–Kier alpha value is -2.84. The number of H-pyrrole nitrogens is 1. The first kappa shape index (κ1) is 22.0. The molecule has 0 atom stereocenters. The first-order valence-corrected chi connectivity index (χ1v) is 12.9. The Morgan fingerprint density at radius 1 is 1.09 bits per heavy atom. The van der Waals surface area contributed by atoms with Crippen LogP contribution in [0.1, 0.15) is 53.2 Å². The van der Waals surface area contributed by atoms with Crippen molar-refractivity contribution in [2.45, 2.75) is 49.5 Å². The third kappa shape index (κ3) is 4.25. The largest absolute Gasteiger partial charge is 0.495 e. The van der Waals surface area contributed by atoms with E-state index in [1.54, 1.807) is 12.1 Å². The number of amides is 1. The van der Waals surface area contributed by atoms with Crippen LogP contribution < -0.4 is 9.46 Å². The summed E-state index contributed by atoms with van der Waals surface area (Å²) in [5, 5.41) is 1.26. The smallest absolute Gasteiger partial charge is 0.253 e. The zero-order valence-electron chi connectivity index (χ0n) is 18.9. The van der Waals surface area contributed by atoms with Gasteiger partial charge in [-0.05, 0) is 68.4 Å². The van der Waals surface area contributed by atoms with Gasteiger partial charge in [0.1, 0.15) is 10.6 Å². The van der Waals surface area contributed by atoms with Crippen LogP contribution in [0.5, 0.6) is 5.75 Å². The molecule has 0 bridgehead atoms. The van der Waals surface area contributed by atoms with Crippen molar-refractivity contribution in [1.29, 1.82) is 0 Å². The van der Waals surface area contributed by atoms with Crippen LogP contribution in [0, 0.1) is 6.92 Å². The molecule has 0 spiro atoms. The minimum Gasteiger partial charge on any atom is -0.495 e. The van der Waals surface area contributed by atoms with E-state index in [4.69, 9.17) is 4.74 Å². The third-order valence-electron chi connectivity index (χ3n) is 6.73. The fourth-order valence-corrected chi connectivity index (χ4v) is 6.38. The van der Waals surface area contributed by atoms with Crippen molar-refractivity contribution >= 4 is 26.8 Å². The molecule has 1 amide bonds. The maximum atomic E-state index is 13.2. The van der Waals surface area contributed by atoms with Gasteiger partial charge in [-0.25, -0.2) is 13.1 Å². The number of aromatic nitrogens is 1. The molecule has 7 nitrogen and oxygen atoms in total. The van der Waals surface area contributed by atoms with Crippen LogP contribution >= 0.6 is 0 Å². The summed E-state index contributed by atoms with van der Waals surface area (Å²) in [5.74, 6) is 0.489. The highest BCUT2D eigenvalue weighted by molar-refractivity contribution is 7.89. The highest BCUT2D eigenvalue weighted by Crippen LogP contribution is 2.36. The average molecular weight is 468 g/mol. The Bertz CT molecular complexity index is 1300. The van der Waals surface area contributed by atoms with E-state index in [1.165, 1.54) is 29.8 Å². The number of sulfonamides is 1. The quantitative estimate of drug-likeness (QED) is 0.574. The number of nitrogens with one attached hydrogen (secondary N) is 2. The minimum absolute atomic E-state index is 0.0204. The fraction of sp³-hybridized carbons (Fsp3) is 0.400. The summed E-state index contributed by atoms with van der Waals surface area (Å²) in [7, 11) is -2.30. The van der Waals surface area contributed by atoms with Gasteiger partial charge in [0.15, 0.2) is 0 Å². The molecule has 1 saturated heterocycles. The topological polar surface area (TPSA) is 91.5 Å². The number of rotatable bonds is 6. The van der Waals surface area contributed by atoms with Crippen molar-refractivity contribution in [3.8, 4) is 5.75 Å². The molecule has 3 aromatic rings. The normalized spacial score (nSPS) is 17.5. The van der Waals surface area contributed by atoms with Gasteiger partial charge in [-0.3, -0.25) is 4.79 Å². The molecular weight excluding hydrogens is 438 g/mol. The first-order valence-electron chi connectivity index (χ1n) is 11.4. The maximum absolute atomic E-state index is 13.2. The molecule has 5 rings (SSSR count). The molecule has 1 aliphatic heterocycles. The van der Waals surface area contributed by atoms with E-state index in [1.807, 2.05) is 11.0 Å². The monoisotopic (exact) mass is 467 g/mol. The van der Waals surface area contributed by atoms with Crippen molar-refractivity contribution in [3.63, 3.8) is 0 Å². The number of benzene rings is 2. The molecular formula is C25H29N3O4S. The number of piperidine rings is 1. The van der Waals surface area contributed by atoms with E-state index >= 15 is 0 Å². The van der Waals surface area contributed by atoms with Crippen LogP contribution in [-0.2, 0) is 10.0 Å². The van der Waals surface area contributed by atoms with Crippen LogP contribution in [0.25, 0.3) is 10.9 Å². The van der Waals surface area contributed by atoms with E-state index in [0.29, 0.717) is 24.6 Å². The lowest BCUT2D eigenvalue weighted by atomic mass is 9.87. The summed E-state index contributed by atoms with van der Waals surface area (Å²) < 4.78 is 33.6. The molecule has 8 heteroatoms. The molecule has 0 unspecified atom stereocenters. The number of carbonyl (C=O) groups excluding carboxylic acids is 1. The van der Waals surface area contributed by atoms with Crippen molar-refractivity contribution in [1.82, 2.24) is 14.6 Å². The van der Waals surface area contributed by atoms with Crippen molar-refractivity contribution in [2.24, 2.45) is 0 Å². The molecule has 2 aromatic carbocycles. The van der Waals surface area contributed by atoms with Crippen molar-refractivity contribution < 1.29 is 17.9 Å². The molecule has 2 heterocycles. The van der Waals surface area contributed by atoms with E-state index in [9.17, 15) is 13.2 Å². The van der Waals surface area contributed by atoms with Gasteiger partial charge in [-0.2, -0.15) is 0 Å². The van der Waals surface area contributed by atoms with Gasteiger partial charge in [0.05, 0.1) is 7.11 Å². The summed E-state index contributed by atoms with van der Waals surface area (Å²) in [5.41, 5.74) is 4.06. The summed E-state index contributed by atoms with van der Waals surface area (Å²) >= 11 is 0. The Labute approximate surface area is 194 Å². The van der Waals surface area contributed by atoms with Crippen LogP contribution in [0.3, 0.4) is 0 Å². The molecule has 1 aliphatic carbocycles. The number of likely N-dealkylation sites (tertiary alicyclic amines) is 1. The Kier molecular flexibility index (Phi) is 5.66. The predicted octanol–water partition coefficient (Wildman–Crippen LogP) is 3.95. The highest BCUT2D eigenvalue weighted by Gasteiger charge is 2.32. The molecule has 1 aromatic heterocycles. The lowest BCUT2D eigenvalue weighted by Gasteiger charge is -2.32. The maximum Gasteiger partial charge on any atom is 0.253 e. The summed E-state index contributed by atoms with van der Waals surface area (Å²) in [4.78, 5) is 18.6. The third-order valence-corrected chi connectivity index (χ3v) is 8.27. The van der Waals surface area contributed by atoms with Gasteiger partial charge in [0.2, 0.25) is 10.0 Å². The molecule has 2 aliphatic rings. The standard InChI is InChI=1S/C25H29N3O4S/c1-16-24(20-5-3-4-6-21(20)26-16)17-11-13-28(14-12-17)25(29)18-7-10-22(32-2)23(15-18)33(30,31)27-19-8-9-19/h3-7,10,15,17,19,26-27H,8-9,11-14H2,1-2H3. The van der Waals surface area contributed by atoms with Crippen LogP contribution in [0.2, 0.25) is 0 Å². The Balaban J connectivity index is 1.34. The fourth-order valence-electron chi connectivity index (χ4n) is 4.88. The Morgan fingerprint density at radius 2 is 1.82 bits per heavy atom. The average Bonchev–Trinajstić information content (AvgIpc) is 3.56. The molecule has 33 heavy (non-hydrogen) atoms. The van der Waals surface area contributed by atoms with E-state index < -0.39 is 10.0 Å². The number of fused-ring (bicyclic) bond motifs is 1. The number of methoxy groups -OCH3 is 1. The molecule has 1 saturated carbocycles. The number of carbonyl (C=O) groups is 1. The number of aromatic amines is 1. The number of hydrogen-bond acceptors (Lipinski definition) is 4. The second kappa shape index (κ2) is 8.50. The SMILES string of the molecule is COc1ccc(C(=O)N2CCC(c3c(C)[nH]c4ccccc34)CC2)cc1S(=O)(=O)NC1CC1. The van der Waals surface area contributed by atoms with Gasteiger partial charge < -0.3 is 14.6 Å². The summed E-state index contributed by atoms with van der Waals surface area (Å²) in [6, 6.07) is 13.0. The van der Waals surface area contributed by atoms with Crippen molar-refractivity contribution in [2.75, 3.05) is 20.2 Å². The molecule has 0 radical (unpaired) electrons. The minimum atomic E-state index is -3.74. The summed E-state index contributed by atoms with van der Waals surface area (Å²) in [6.07, 6.45) is 3.42. The number of aryl methyl sites for hydroxylation is 1. The van der Waals surface area contributed by atoms with Gasteiger partial charge in [-0.1, -0.05) is 18.2 Å². The summed E-state index contributed by atoms with van der Waals surface area (Å²) in [6.45, 7) is 3.38. The molecule has 2 N–H and O–H groups in total. The zero-order chi connectivity index (χ0) is 23.2. The number of nitrogens with zero attached hydrogens (tertiary/aromatic N) is 1. The zero-order valence-corrected chi connectivity index (χ0v) is 19.7. The van der Waals surface area contributed by atoms with E-state index in [-0.39, 0.29) is 22.6 Å². The van der Waals surface area contributed by atoms with Crippen LogP contribution in [-0.4, -0.2) is 50.5 Å². The molecule has 174 valence electrons. The molecule has 2 fully saturated rings. The second-order valence-electron chi connectivity index (χ2n) is 9.04. The lowest BCUT2D eigenvalue weighted by Crippen LogP contribution is -2.38. The van der Waals surface area contributed by atoms with Crippen LogP contribution in [0.15, 0.2) is 47.4 Å². The second-order valence-corrected chi connectivity index (χ2v) is 10.7. The number of ether oxygens (including phenoxy) is 1. The van der Waals surface area contributed by atoms with Gasteiger partial charge in [0, 0.05) is 41.3 Å². The number of para-hydroxylation sites is 1. The van der Waals surface area contributed by atoms with Crippen LogP contribution in [0.4, 0.5) is 0 Å². The van der Waals surface area contributed by atoms with Gasteiger partial charge in [-0.15, -0.1) is 0 Å². The highest BCUT2D eigenvalue weighted by atomic mass is 32.2.